The molecule has 1 aromatic heterocycles. The van der Waals surface area contributed by atoms with Crippen LogP contribution in [0.25, 0.3) is 0 Å². The van der Waals surface area contributed by atoms with Gasteiger partial charge in [-0.3, -0.25) is 9.59 Å². The summed E-state index contributed by atoms with van der Waals surface area (Å²) in [4.78, 5) is 25.1. The lowest BCUT2D eigenvalue weighted by Gasteiger charge is -2.18. The number of hydrogen-bond donors (Lipinski definition) is 2. The highest BCUT2D eigenvalue weighted by Crippen LogP contribution is 2.05. The number of rotatable bonds is 8. The second-order valence-corrected chi connectivity index (χ2v) is 4.20. The van der Waals surface area contributed by atoms with Gasteiger partial charge in [0.2, 0.25) is 5.91 Å². The number of ether oxygens (including phenoxy) is 1. The van der Waals surface area contributed by atoms with E-state index in [0.29, 0.717) is 18.8 Å². The van der Waals surface area contributed by atoms with Crippen LogP contribution in [0.15, 0.2) is 17.1 Å². The third-order valence-corrected chi connectivity index (χ3v) is 2.65. The summed E-state index contributed by atoms with van der Waals surface area (Å²) in [6, 6.07) is 1.42. The van der Waals surface area contributed by atoms with Crippen molar-refractivity contribution in [1.29, 1.82) is 0 Å². The molecule has 0 unspecified atom stereocenters. The minimum absolute atomic E-state index is 0.142. The lowest BCUT2D eigenvalue weighted by molar-refractivity contribution is -0.122. The van der Waals surface area contributed by atoms with Gasteiger partial charge in [-0.1, -0.05) is 0 Å². The predicted octanol–water partition coefficient (Wildman–Crippen LogP) is -1.57. The Morgan fingerprint density at radius 3 is 2.95 bits per heavy atom. The Balaban J connectivity index is 2.68. The van der Waals surface area contributed by atoms with Crippen molar-refractivity contribution in [2.45, 2.75) is 6.54 Å². The number of aromatic nitrogens is 2. The molecule has 0 saturated carbocycles. The summed E-state index contributed by atoms with van der Waals surface area (Å²) in [5.41, 5.74) is 0.310. The van der Waals surface area contributed by atoms with Gasteiger partial charge in [-0.15, -0.1) is 0 Å². The number of hydrogen-bond acceptors (Lipinski definition) is 6. The van der Waals surface area contributed by atoms with E-state index < -0.39 is 0 Å². The lowest BCUT2D eigenvalue weighted by Crippen LogP contribution is -2.35. The van der Waals surface area contributed by atoms with Crippen LogP contribution in [-0.2, 0) is 16.1 Å². The highest BCUT2D eigenvalue weighted by atomic mass is 16.5. The van der Waals surface area contributed by atoms with Gasteiger partial charge in [-0.05, 0) is 0 Å². The molecule has 1 aromatic rings. The van der Waals surface area contributed by atoms with Gasteiger partial charge in [-0.25, -0.2) is 4.68 Å². The van der Waals surface area contributed by atoms with Gasteiger partial charge in [-0.2, -0.15) is 5.10 Å². The van der Waals surface area contributed by atoms with Crippen molar-refractivity contribution in [2.75, 3.05) is 45.4 Å². The normalized spacial score (nSPS) is 10.3. The van der Waals surface area contributed by atoms with Crippen molar-refractivity contribution in [3.8, 4) is 0 Å². The molecule has 20 heavy (non-hydrogen) atoms. The summed E-state index contributed by atoms with van der Waals surface area (Å²) in [6.07, 6.45) is 1.52. The molecule has 0 radical (unpaired) electrons. The molecule has 0 bridgehead atoms. The van der Waals surface area contributed by atoms with Gasteiger partial charge in [0.1, 0.15) is 6.54 Å². The monoisotopic (exact) mass is 284 g/mol. The number of carbonyl (C=O) groups is 1. The van der Waals surface area contributed by atoms with Crippen molar-refractivity contribution in [2.24, 2.45) is 0 Å². The predicted molar refractivity (Wildman–Crippen MR) is 73.7 cm³/mol. The first-order valence-electron chi connectivity index (χ1n) is 6.23. The number of aliphatic hydroxyl groups excluding tert-OH is 1. The number of amides is 1. The standard InChI is InChI=1S/C12H20N4O4/c1-15(4-6-20-2)10-7-12(19)16(14-8-10)9-11(18)13-3-5-17/h7-8,17H,3-6,9H2,1-2H3,(H,13,18). The molecule has 8 heteroatoms. The van der Waals surface area contributed by atoms with Crippen molar-refractivity contribution in [1.82, 2.24) is 15.1 Å². The van der Waals surface area contributed by atoms with E-state index in [9.17, 15) is 9.59 Å². The highest BCUT2D eigenvalue weighted by molar-refractivity contribution is 5.75. The average Bonchev–Trinajstić information content (AvgIpc) is 2.44. The SMILES string of the molecule is COCCN(C)c1cnn(CC(=O)NCCO)c(=O)c1. The fourth-order valence-electron chi connectivity index (χ4n) is 1.50. The molecule has 0 aliphatic rings. The Morgan fingerprint density at radius 2 is 2.35 bits per heavy atom. The molecule has 0 atom stereocenters. The fraction of sp³-hybridized carbons (Fsp3) is 0.583. The second-order valence-electron chi connectivity index (χ2n) is 4.20. The van der Waals surface area contributed by atoms with Gasteiger partial charge in [0, 0.05) is 33.3 Å². The number of aliphatic hydroxyl groups is 1. The second kappa shape index (κ2) is 8.28. The van der Waals surface area contributed by atoms with E-state index in [1.54, 1.807) is 7.11 Å². The van der Waals surface area contributed by atoms with Crippen molar-refractivity contribution < 1.29 is 14.6 Å². The molecule has 1 rings (SSSR count). The van der Waals surface area contributed by atoms with E-state index in [0.717, 1.165) is 4.68 Å². The van der Waals surface area contributed by atoms with Gasteiger partial charge in [0.15, 0.2) is 0 Å². The van der Waals surface area contributed by atoms with Crippen LogP contribution < -0.4 is 15.8 Å². The van der Waals surface area contributed by atoms with Gasteiger partial charge in [0.25, 0.3) is 5.56 Å². The number of likely N-dealkylation sites (N-methyl/N-ethyl adjacent to an activating group) is 1. The molecule has 2 N–H and O–H groups in total. The maximum absolute atomic E-state index is 11.8. The third-order valence-electron chi connectivity index (χ3n) is 2.65. The number of nitrogens with zero attached hydrogens (tertiary/aromatic N) is 3. The molecule has 112 valence electrons. The average molecular weight is 284 g/mol. The molecule has 0 fully saturated rings. The minimum Gasteiger partial charge on any atom is -0.395 e. The molecule has 1 heterocycles. The summed E-state index contributed by atoms with van der Waals surface area (Å²) in [5, 5.41) is 15.0. The summed E-state index contributed by atoms with van der Waals surface area (Å²) < 4.78 is 6.03. The van der Waals surface area contributed by atoms with Crippen LogP contribution >= 0.6 is 0 Å². The molecule has 0 saturated heterocycles. The molecule has 0 aliphatic heterocycles. The van der Waals surface area contributed by atoms with E-state index in [2.05, 4.69) is 10.4 Å². The van der Waals surface area contributed by atoms with Gasteiger partial charge in [0.05, 0.1) is 25.1 Å². The zero-order valence-electron chi connectivity index (χ0n) is 11.7. The highest BCUT2D eigenvalue weighted by Gasteiger charge is 2.07. The van der Waals surface area contributed by atoms with Crippen LogP contribution in [0.1, 0.15) is 0 Å². The first-order valence-corrected chi connectivity index (χ1v) is 6.23. The smallest absolute Gasteiger partial charge is 0.269 e. The fourth-order valence-corrected chi connectivity index (χ4v) is 1.50. The Morgan fingerprint density at radius 1 is 1.60 bits per heavy atom. The summed E-state index contributed by atoms with van der Waals surface area (Å²) in [5.74, 6) is -0.367. The summed E-state index contributed by atoms with van der Waals surface area (Å²) >= 11 is 0. The first kappa shape index (κ1) is 16.1. The number of anilines is 1. The minimum atomic E-state index is -0.367. The molecule has 0 aromatic carbocycles. The largest absolute Gasteiger partial charge is 0.395 e. The Bertz CT molecular complexity index is 489. The Hall–Kier alpha value is -1.93. The Kier molecular flexibility index (Phi) is 6.68. The van der Waals surface area contributed by atoms with E-state index in [-0.39, 0.29) is 31.2 Å². The number of nitrogens with one attached hydrogen (secondary N) is 1. The van der Waals surface area contributed by atoms with E-state index in [4.69, 9.17) is 9.84 Å². The third kappa shape index (κ3) is 4.98. The number of carbonyl (C=O) groups excluding carboxylic acids is 1. The molecule has 0 aliphatic carbocycles. The van der Waals surface area contributed by atoms with Crippen LogP contribution in [0.2, 0.25) is 0 Å². The van der Waals surface area contributed by atoms with Crippen LogP contribution in [0, 0.1) is 0 Å². The Labute approximate surface area is 117 Å². The molecular formula is C12H20N4O4. The van der Waals surface area contributed by atoms with Gasteiger partial charge < -0.3 is 20.1 Å². The quantitative estimate of drug-likeness (QED) is 0.599. The lowest BCUT2D eigenvalue weighted by atomic mass is 10.4. The van der Waals surface area contributed by atoms with Gasteiger partial charge >= 0.3 is 0 Å². The maximum atomic E-state index is 11.8. The maximum Gasteiger partial charge on any atom is 0.269 e. The van der Waals surface area contributed by atoms with Crippen LogP contribution in [0.3, 0.4) is 0 Å². The molecular weight excluding hydrogens is 264 g/mol. The first-order chi connectivity index (χ1) is 9.58. The number of methoxy groups -OCH3 is 1. The zero-order valence-corrected chi connectivity index (χ0v) is 11.7. The topological polar surface area (TPSA) is 96.7 Å². The van der Waals surface area contributed by atoms with Crippen LogP contribution in [0.4, 0.5) is 5.69 Å². The van der Waals surface area contributed by atoms with Crippen LogP contribution in [0.5, 0.6) is 0 Å². The molecule has 0 spiro atoms. The van der Waals surface area contributed by atoms with E-state index in [1.807, 2.05) is 11.9 Å². The summed E-state index contributed by atoms with van der Waals surface area (Å²) in [6.45, 7) is 1.03. The van der Waals surface area contributed by atoms with Crippen molar-refractivity contribution in [3.63, 3.8) is 0 Å². The molecule has 8 nitrogen and oxygen atoms in total. The van der Waals surface area contributed by atoms with Crippen LogP contribution in [-0.4, -0.2) is 61.3 Å². The van der Waals surface area contributed by atoms with Crippen molar-refractivity contribution in [3.05, 3.63) is 22.6 Å². The van der Waals surface area contributed by atoms with E-state index in [1.165, 1.54) is 12.3 Å². The zero-order chi connectivity index (χ0) is 15.0. The van der Waals surface area contributed by atoms with Crippen molar-refractivity contribution >= 4 is 11.6 Å². The van der Waals surface area contributed by atoms with E-state index >= 15 is 0 Å². The summed E-state index contributed by atoms with van der Waals surface area (Å²) in [7, 11) is 3.43. The molecule has 1 amide bonds.